The predicted molar refractivity (Wildman–Crippen MR) is 78.3 cm³/mol. The molecule has 4 N–H and O–H groups in total. The minimum Gasteiger partial charge on any atom is -0.384 e. The third-order valence-corrected chi connectivity index (χ3v) is 2.61. The molecule has 1 heterocycles. The third-order valence-electron chi connectivity index (χ3n) is 2.61. The number of hydrogen-bond acceptors (Lipinski definition) is 4. The number of aryl methyl sites for hydroxylation is 1. The highest BCUT2D eigenvalue weighted by atomic mass is 16.2. The molecule has 0 bridgehead atoms. The zero-order chi connectivity index (χ0) is 15.1. The van der Waals surface area contributed by atoms with Crippen molar-refractivity contribution in [3.63, 3.8) is 0 Å². The molecule has 6 heteroatoms. The van der Waals surface area contributed by atoms with Crippen LogP contribution in [0.15, 0.2) is 12.1 Å². The minimum atomic E-state index is -0.244. The quantitative estimate of drug-likeness (QED) is 0.719. The molecular formula is C14H22N4O2. The fourth-order valence-corrected chi connectivity index (χ4v) is 1.71. The van der Waals surface area contributed by atoms with Gasteiger partial charge in [-0.25, -0.2) is 4.98 Å². The topological polar surface area (TPSA) is 97.1 Å². The van der Waals surface area contributed by atoms with Crippen LogP contribution in [0.2, 0.25) is 0 Å². The van der Waals surface area contributed by atoms with Gasteiger partial charge in [0.15, 0.2) is 0 Å². The Bertz CT molecular complexity index is 486. The molecule has 0 aliphatic rings. The maximum absolute atomic E-state index is 11.9. The second-order valence-electron chi connectivity index (χ2n) is 4.85. The molecule has 6 nitrogen and oxygen atoms in total. The van der Waals surface area contributed by atoms with Crippen LogP contribution in [0.3, 0.4) is 0 Å². The Morgan fingerprint density at radius 3 is 2.65 bits per heavy atom. The van der Waals surface area contributed by atoms with Crippen molar-refractivity contribution >= 4 is 17.6 Å². The Morgan fingerprint density at radius 2 is 2.05 bits per heavy atom. The van der Waals surface area contributed by atoms with E-state index in [0.29, 0.717) is 24.3 Å². The highest BCUT2D eigenvalue weighted by molar-refractivity contribution is 5.95. The first-order valence-corrected chi connectivity index (χ1v) is 6.76. The van der Waals surface area contributed by atoms with E-state index >= 15 is 0 Å². The van der Waals surface area contributed by atoms with Crippen LogP contribution in [0, 0.1) is 0 Å². The van der Waals surface area contributed by atoms with E-state index in [9.17, 15) is 9.59 Å². The minimum absolute atomic E-state index is 0.0798. The zero-order valence-corrected chi connectivity index (χ0v) is 12.2. The van der Waals surface area contributed by atoms with E-state index in [2.05, 4.69) is 15.6 Å². The van der Waals surface area contributed by atoms with Crippen LogP contribution >= 0.6 is 0 Å². The number of carbonyl (C=O) groups is 2. The number of hydrogen-bond donors (Lipinski definition) is 3. The van der Waals surface area contributed by atoms with Crippen LogP contribution in [-0.2, 0) is 11.2 Å². The number of anilines is 1. The highest BCUT2D eigenvalue weighted by Crippen LogP contribution is 2.08. The summed E-state index contributed by atoms with van der Waals surface area (Å²) in [6.07, 6.45) is 0.966. The van der Waals surface area contributed by atoms with Crippen LogP contribution in [0.1, 0.15) is 43.2 Å². The number of aromatic nitrogens is 1. The molecule has 1 aromatic heterocycles. The number of nitrogen functional groups attached to an aromatic ring is 1. The summed E-state index contributed by atoms with van der Waals surface area (Å²) in [4.78, 5) is 27.5. The summed E-state index contributed by atoms with van der Waals surface area (Å²) < 4.78 is 0. The molecule has 110 valence electrons. The number of nitrogens with zero attached hydrogens (tertiary/aromatic N) is 1. The molecule has 0 saturated heterocycles. The molecule has 0 radical (unpaired) electrons. The van der Waals surface area contributed by atoms with Gasteiger partial charge >= 0.3 is 0 Å². The fraction of sp³-hybridized carbons (Fsp3) is 0.500. The van der Waals surface area contributed by atoms with E-state index in [1.165, 1.54) is 6.07 Å². The van der Waals surface area contributed by atoms with Crippen molar-refractivity contribution in [1.82, 2.24) is 15.6 Å². The Hall–Kier alpha value is -2.11. The number of carbonyl (C=O) groups excluding carboxylic acids is 2. The summed E-state index contributed by atoms with van der Waals surface area (Å²) in [5.74, 6) is 0.00184. The van der Waals surface area contributed by atoms with Crippen LogP contribution in [0.25, 0.3) is 0 Å². The molecule has 0 spiro atoms. The van der Waals surface area contributed by atoms with Gasteiger partial charge in [0.2, 0.25) is 5.91 Å². The second kappa shape index (κ2) is 7.47. The highest BCUT2D eigenvalue weighted by Gasteiger charge is 2.09. The summed E-state index contributed by atoms with van der Waals surface area (Å²) in [6.45, 7) is 6.02. The number of nitrogens with one attached hydrogen (secondary N) is 2. The van der Waals surface area contributed by atoms with Gasteiger partial charge in [0.05, 0.1) is 0 Å². The Morgan fingerprint density at radius 1 is 1.35 bits per heavy atom. The molecule has 0 aliphatic heterocycles. The summed E-state index contributed by atoms with van der Waals surface area (Å²) in [5, 5.41) is 5.46. The van der Waals surface area contributed by atoms with Gasteiger partial charge < -0.3 is 16.4 Å². The molecule has 1 rings (SSSR count). The van der Waals surface area contributed by atoms with Crippen molar-refractivity contribution in [2.75, 3.05) is 12.3 Å². The average Bonchev–Trinajstić information content (AvgIpc) is 2.36. The van der Waals surface area contributed by atoms with E-state index in [1.807, 2.05) is 20.8 Å². The monoisotopic (exact) mass is 278 g/mol. The predicted octanol–water partition coefficient (Wildman–Crippen LogP) is 0.871. The van der Waals surface area contributed by atoms with Crippen LogP contribution in [0.4, 0.5) is 5.82 Å². The molecule has 1 aromatic rings. The van der Waals surface area contributed by atoms with Crippen molar-refractivity contribution in [3.8, 4) is 0 Å². The number of rotatable bonds is 6. The van der Waals surface area contributed by atoms with Gasteiger partial charge in [-0.3, -0.25) is 9.59 Å². The van der Waals surface area contributed by atoms with Gasteiger partial charge in [0.25, 0.3) is 5.91 Å². The molecule has 0 aliphatic carbocycles. The fourth-order valence-electron chi connectivity index (χ4n) is 1.71. The first-order valence-electron chi connectivity index (χ1n) is 6.76. The molecule has 0 aromatic carbocycles. The van der Waals surface area contributed by atoms with Crippen molar-refractivity contribution in [2.24, 2.45) is 0 Å². The van der Waals surface area contributed by atoms with Gasteiger partial charge in [-0.2, -0.15) is 0 Å². The lowest BCUT2D eigenvalue weighted by atomic mass is 10.2. The SMILES string of the molecule is CCc1cc(C(=O)NCCC(=O)NC(C)C)cc(N)n1. The molecule has 20 heavy (non-hydrogen) atoms. The first-order chi connectivity index (χ1) is 9.42. The van der Waals surface area contributed by atoms with Crippen molar-refractivity contribution in [3.05, 3.63) is 23.4 Å². The lowest BCUT2D eigenvalue weighted by Gasteiger charge is -2.09. The van der Waals surface area contributed by atoms with Crippen LogP contribution in [-0.4, -0.2) is 29.4 Å². The first kappa shape index (κ1) is 15.9. The van der Waals surface area contributed by atoms with E-state index in [4.69, 9.17) is 5.73 Å². The molecule has 0 atom stereocenters. The van der Waals surface area contributed by atoms with Gasteiger partial charge in [-0.15, -0.1) is 0 Å². The Labute approximate surface area is 119 Å². The van der Waals surface area contributed by atoms with Crippen LogP contribution < -0.4 is 16.4 Å². The number of amides is 2. The standard InChI is InChI=1S/C14H22N4O2/c1-4-11-7-10(8-12(15)18-11)14(20)16-6-5-13(19)17-9(2)3/h7-9H,4-6H2,1-3H3,(H2,15,18)(H,16,20)(H,17,19). The maximum Gasteiger partial charge on any atom is 0.251 e. The summed E-state index contributed by atoms with van der Waals surface area (Å²) in [5.41, 5.74) is 6.89. The van der Waals surface area contributed by atoms with E-state index in [-0.39, 0.29) is 24.3 Å². The molecule has 0 saturated carbocycles. The lowest BCUT2D eigenvalue weighted by molar-refractivity contribution is -0.121. The van der Waals surface area contributed by atoms with Gasteiger partial charge in [0, 0.05) is 30.3 Å². The summed E-state index contributed by atoms with van der Waals surface area (Å²) in [6, 6.07) is 3.34. The Balaban J connectivity index is 2.51. The summed E-state index contributed by atoms with van der Waals surface area (Å²) in [7, 11) is 0. The van der Waals surface area contributed by atoms with Crippen LogP contribution in [0.5, 0.6) is 0 Å². The normalized spacial score (nSPS) is 10.4. The van der Waals surface area contributed by atoms with Crippen molar-refractivity contribution in [2.45, 2.75) is 39.7 Å². The van der Waals surface area contributed by atoms with E-state index < -0.39 is 0 Å². The maximum atomic E-state index is 11.9. The largest absolute Gasteiger partial charge is 0.384 e. The van der Waals surface area contributed by atoms with Gasteiger partial charge in [-0.05, 0) is 32.4 Å². The third kappa shape index (κ3) is 5.26. The van der Waals surface area contributed by atoms with E-state index in [0.717, 1.165) is 5.69 Å². The molecule has 0 fully saturated rings. The van der Waals surface area contributed by atoms with Gasteiger partial charge in [-0.1, -0.05) is 6.92 Å². The van der Waals surface area contributed by atoms with Crippen molar-refractivity contribution in [1.29, 1.82) is 0 Å². The Kier molecular flexibility index (Phi) is 5.96. The van der Waals surface area contributed by atoms with Gasteiger partial charge in [0.1, 0.15) is 5.82 Å². The smallest absolute Gasteiger partial charge is 0.251 e. The number of nitrogens with two attached hydrogens (primary N) is 1. The second-order valence-corrected chi connectivity index (χ2v) is 4.85. The zero-order valence-electron chi connectivity index (χ0n) is 12.2. The lowest BCUT2D eigenvalue weighted by Crippen LogP contribution is -2.34. The molecule has 0 unspecified atom stereocenters. The van der Waals surface area contributed by atoms with E-state index in [1.54, 1.807) is 6.07 Å². The summed E-state index contributed by atoms with van der Waals surface area (Å²) >= 11 is 0. The number of pyridine rings is 1. The van der Waals surface area contributed by atoms with Crippen molar-refractivity contribution < 1.29 is 9.59 Å². The molecular weight excluding hydrogens is 256 g/mol. The molecule has 2 amide bonds. The average molecular weight is 278 g/mol.